The highest BCUT2D eigenvalue weighted by molar-refractivity contribution is 6.41. The maximum absolute atomic E-state index is 9.25. The molecule has 0 fully saturated rings. The van der Waals surface area contributed by atoms with Crippen molar-refractivity contribution in [3.05, 3.63) is 22.1 Å². The lowest BCUT2D eigenvalue weighted by atomic mass is 9.94. The first kappa shape index (κ1) is 11.6. The fourth-order valence-electron chi connectivity index (χ4n) is 1.29. The van der Waals surface area contributed by atoms with Crippen molar-refractivity contribution >= 4 is 34.4 Å². The van der Waals surface area contributed by atoms with Crippen LogP contribution >= 0.6 is 23.2 Å². The topological polar surface area (TPSA) is 61.8 Å². The zero-order valence-corrected chi connectivity index (χ0v) is 10.4. The van der Waals surface area contributed by atoms with Gasteiger partial charge in [0.1, 0.15) is 11.0 Å². The van der Waals surface area contributed by atoms with Crippen LogP contribution in [-0.4, -0.2) is 26.7 Å². The predicted octanol–water partition coefficient (Wildman–Crippen LogP) is 2.53. The van der Waals surface area contributed by atoms with Crippen molar-refractivity contribution < 1.29 is 5.11 Å². The van der Waals surface area contributed by atoms with Gasteiger partial charge in [-0.15, -0.1) is 0 Å². The van der Waals surface area contributed by atoms with Crippen LogP contribution in [0.1, 0.15) is 19.7 Å². The first-order chi connectivity index (χ1) is 7.44. The number of aliphatic hydroxyl groups excluding tert-OH is 1. The summed E-state index contributed by atoms with van der Waals surface area (Å²) in [6.45, 7) is 3.76. The average Bonchev–Trinajstić information content (AvgIpc) is 2.62. The van der Waals surface area contributed by atoms with E-state index in [1.807, 2.05) is 13.8 Å². The molecule has 0 aromatic carbocycles. The lowest BCUT2D eigenvalue weighted by Gasteiger charge is -2.17. The minimum atomic E-state index is -0.445. The summed E-state index contributed by atoms with van der Waals surface area (Å²) < 4.78 is 0. The number of halogens is 2. The standard InChI is InChI=1S/C10H11Cl2N3O/c1-10(2,4-16)9-13-6-3-5(11)7(12)14-8(6)15-9/h3,16H,4H2,1-2H3,(H,13,14,15). The Bertz CT molecular complexity index is 497. The summed E-state index contributed by atoms with van der Waals surface area (Å²) in [5.74, 6) is 0.663. The average molecular weight is 260 g/mol. The summed E-state index contributed by atoms with van der Waals surface area (Å²) in [6, 6.07) is 1.68. The molecule has 0 spiro atoms. The molecule has 0 unspecified atom stereocenters. The van der Waals surface area contributed by atoms with Gasteiger partial charge in [-0.25, -0.2) is 9.97 Å². The van der Waals surface area contributed by atoms with Crippen LogP contribution in [0.5, 0.6) is 0 Å². The van der Waals surface area contributed by atoms with Crippen LogP contribution in [0, 0.1) is 0 Å². The molecule has 4 nitrogen and oxygen atoms in total. The van der Waals surface area contributed by atoms with E-state index in [0.717, 1.165) is 0 Å². The number of aliphatic hydroxyl groups is 1. The Morgan fingerprint density at radius 2 is 2.06 bits per heavy atom. The van der Waals surface area contributed by atoms with Crippen molar-refractivity contribution in [3.8, 4) is 0 Å². The van der Waals surface area contributed by atoms with E-state index in [9.17, 15) is 5.11 Å². The molecule has 2 heterocycles. The molecule has 0 aliphatic carbocycles. The van der Waals surface area contributed by atoms with Crippen LogP contribution in [0.3, 0.4) is 0 Å². The highest BCUT2D eigenvalue weighted by atomic mass is 35.5. The molecule has 0 bridgehead atoms. The fraction of sp³-hybridized carbons (Fsp3) is 0.400. The van der Waals surface area contributed by atoms with Crippen LogP contribution in [0.25, 0.3) is 11.2 Å². The molecular formula is C10H11Cl2N3O. The number of imidazole rings is 1. The maximum Gasteiger partial charge on any atom is 0.179 e. The Kier molecular flexibility index (Phi) is 2.82. The van der Waals surface area contributed by atoms with Gasteiger partial charge in [0.2, 0.25) is 0 Å². The minimum Gasteiger partial charge on any atom is -0.395 e. The molecule has 16 heavy (non-hydrogen) atoms. The number of hydrogen-bond donors (Lipinski definition) is 2. The van der Waals surface area contributed by atoms with Crippen molar-refractivity contribution in [1.29, 1.82) is 0 Å². The van der Waals surface area contributed by atoms with E-state index in [2.05, 4.69) is 15.0 Å². The Labute approximate surface area is 103 Å². The second-order valence-corrected chi connectivity index (χ2v) is 5.02. The normalized spacial score (nSPS) is 12.3. The van der Waals surface area contributed by atoms with Crippen molar-refractivity contribution in [2.45, 2.75) is 19.3 Å². The molecule has 0 saturated heterocycles. The number of aromatic nitrogens is 3. The molecule has 0 amide bonds. The van der Waals surface area contributed by atoms with E-state index < -0.39 is 5.41 Å². The smallest absolute Gasteiger partial charge is 0.179 e. The number of aromatic amines is 1. The van der Waals surface area contributed by atoms with Crippen LogP contribution in [0.2, 0.25) is 10.2 Å². The summed E-state index contributed by atoms with van der Waals surface area (Å²) in [7, 11) is 0. The predicted molar refractivity (Wildman–Crippen MR) is 64.0 cm³/mol. The van der Waals surface area contributed by atoms with E-state index in [1.54, 1.807) is 6.07 Å². The van der Waals surface area contributed by atoms with E-state index in [-0.39, 0.29) is 11.8 Å². The second-order valence-electron chi connectivity index (χ2n) is 4.26. The molecule has 86 valence electrons. The molecule has 6 heteroatoms. The van der Waals surface area contributed by atoms with Crippen LogP contribution < -0.4 is 0 Å². The largest absolute Gasteiger partial charge is 0.395 e. The van der Waals surface area contributed by atoms with Gasteiger partial charge in [-0.1, -0.05) is 37.0 Å². The quantitative estimate of drug-likeness (QED) is 0.815. The van der Waals surface area contributed by atoms with Crippen molar-refractivity contribution in [2.24, 2.45) is 0 Å². The summed E-state index contributed by atoms with van der Waals surface area (Å²) in [4.78, 5) is 11.4. The van der Waals surface area contributed by atoms with E-state index in [4.69, 9.17) is 23.2 Å². The number of nitrogens with one attached hydrogen (secondary N) is 1. The summed E-state index contributed by atoms with van der Waals surface area (Å²) in [6.07, 6.45) is 0. The van der Waals surface area contributed by atoms with Gasteiger partial charge in [-0.05, 0) is 6.07 Å². The first-order valence-electron chi connectivity index (χ1n) is 4.77. The fourth-order valence-corrected chi connectivity index (χ4v) is 1.58. The third-order valence-electron chi connectivity index (χ3n) is 2.42. The van der Waals surface area contributed by atoms with Gasteiger partial charge >= 0.3 is 0 Å². The number of rotatable bonds is 2. The van der Waals surface area contributed by atoms with Gasteiger partial charge in [-0.2, -0.15) is 0 Å². The maximum atomic E-state index is 9.25. The Balaban J connectivity index is 2.61. The number of fused-ring (bicyclic) bond motifs is 1. The molecule has 2 aromatic heterocycles. The third-order valence-corrected chi connectivity index (χ3v) is 3.09. The first-order valence-corrected chi connectivity index (χ1v) is 5.53. The number of pyridine rings is 1. The summed E-state index contributed by atoms with van der Waals surface area (Å²) >= 11 is 11.7. The van der Waals surface area contributed by atoms with Gasteiger partial charge in [0.25, 0.3) is 0 Å². The number of H-pyrrole nitrogens is 1. The number of hydrogen-bond acceptors (Lipinski definition) is 3. The lowest BCUT2D eigenvalue weighted by Crippen LogP contribution is -2.23. The van der Waals surface area contributed by atoms with Gasteiger partial charge in [0, 0.05) is 5.41 Å². The summed E-state index contributed by atoms with van der Waals surface area (Å²) in [5, 5.41) is 9.86. The van der Waals surface area contributed by atoms with Crippen LogP contribution in [0.15, 0.2) is 6.07 Å². The monoisotopic (exact) mass is 259 g/mol. The van der Waals surface area contributed by atoms with Crippen LogP contribution in [-0.2, 0) is 5.41 Å². The van der Waals surface area contributed by atoms with Crippen molar-refractivity contribution in [3.63, 3.8) is 0 Å². The molecule has 0 aliphatic rings. The van der Waals surface area contributed by atoms with Gasteiger partial charge in [-0.3, -0.25) is 0 Å². The molecule has 0 saturated carbocycles. The highest BCUT2D eigenvalue weighted by Crippen LogP contribution is 2.26. The van der Waals surface area contributed by atoms with E-state index in [0.29, 0.717) is 22.0 Å². The minimum absolute atomic E-state index is 0.00567. The zero-order chi connectivity index (χ0) is 11.9. The third kappa shape index (κ3) is 1.88. The highest BCUT2D eigenvalue weighted by Gasteiger charge is 2.24. The molecule has 2 N–H and O–H groups in total. The van der Waals surface area contributed by atoms with Crippen LogP contribution in [0.4, 0.5) is 0 Å². The van der Waals surface area contributed by atoms with Gasteiger partial charge < -0.3 is 10.1 Å². The molecule has 0 atom stereocenters. The zero-order valence-electron chi connectivity index (χ0n) is 8.88. The van der Waals surface area contributed by atoms with E-state index >= 15 is 0 Å². The molecular weight excluding hydrogens is 249 g/mol. The Morgan fingerprint density at radius 1 is 1.38 bits per heavy atom. The van der Waals surface area contributed by atoms with Crippen molar-refractivity contribution in [2.75, 3.05) is 6.61 Å². The molecule has 2 aromatic rings. The molecule has 2 rings (SSSR count). The summed E-state index contributed by atoms with van der Waals surface area (Å²) in [5.41, 5.74) is 0.775. The molecule has 0 aliphatic heterocycles. The second kappa shape index (κ2) is 3.87. The lowest BCUT2D eigenvalue weighted by molar-refractivity contribution is 0.212. The van der Waals surface area contributed by atoms with Crippen molar-refractivity contribution in [1.82, 2.24) is 15.0 Å². The Morgan fingerprint density at radius 3 is 2.69 bits per heavy atom. The number of nitrogens with zero attached hydrogens (tertiary/aromatic N) is 2. The van der Waals surface area contributed by atoms with Gasteiger partial charge in [0.15, 0.2) is 5.65 Å². The molecule has 0 radical (unpaired) electrons. The SMILES string of the molecule is CC(C)(CO)c1nc2nc(Cl)c(Cl)cc2[nH]1. The van der Waals surface area contributed by atoms with E-state index in [1.165, 1.54) is 0 Å². The van der Waals surface area contributed by atoms with Gasteiger partial charge in [0.05, 0.1) is 17.1 Å². The Hall–Kier alpha value is -0.840.